The Balaban J connectivity index is 1.60. The van der Waals surface area contributed by atoms with E-state index >= 15 is 0 Å². The summed E-state index contributed by atoms with van der Waals surface area (Å²) in [6, 6.07) is 6.45. The van der Waals surface area contributed by atoms with Gasteiger partial charge in [0.2, 0.25) is 5.82 Å². The maximum Gasteiger partial charge on any atom is 0.449 e. The summed E-state index contributed by atoms with van der Waals surface area (Å²) in [5, 5.41) is 4.82. The third kappa shape index (κ3) is 4.58. The molecule has 2 amide bonds. The van der Waals surface area contributed by atoms with Gasteiger partial charge in [-0.15, -0.1) is 0 Å². The van der Waals surface area contributed by atoms with Gasteiger partial charge in [0.15, 0.2) is 5.65 Å². The molecule has 3 aromatic rings. The topological polar surface area (TPSA) is 71.8 Å². The zero-order chi connectivity index (χ0) is 20.3. The van der Waals surface area contributed by atoms with Gasteiger partial charge in [-0.25, -0.2) is 19.2 Å². The van der Waals surface area contributed by atoms with Gasteiger partial charge in [-0.3, -0.25) is 0 Å². The van der Waals surface area contributed by atoms with Crippen LogP contribution in [0.25, 0.3) is 11.2 Å². The first-order valence-corrected chi connectivity index (χ1v) is 8.93. The van der Waals surface area contributed by atoms with Crippen molar-refractivity contribution in [3.63, 3.8) is 0 Å². The van der Waals surface area contributed by atoms with Crippen LogP contribution in [0.5, 0.6) is 0 Å². The van der Waals surface area contributed by atoms with Crippen molar-refractivity contribution in [2.45, 2.75) is 19.1 Å². The molecule has 0 aliphatic heterocycles. The molecule has 2 heterocycles. The number of pyridine rings is 1. The molecule has 1 aromatic carbocycles. The number of nitrogens with zero attached hydrogens (tertiary/aromatic N) is 3. The van der Waals surface area contributed by atoms with Crippen LogP contribution in [0.15, 0.2) is 41.0 Å². The number of alkyl halides is 3. The Hall–Kier alpha value is -2.69. The summed E-state index contributed by atoms with van der Waals surface area (Å²) >= 11 is 3.11. The van der Waals surface area contributed by atoms with Crippen molar-refractivity contribution in [2.24, 2.45) is 0 Å². The number of nitrogens with one attached hydrogen (secondary N) is 2. The summed E-state index contributed by atoms with van der Waals surface area (Å²) < 4.78 is 54.8. The van der Waals surface area contributed by atoms with E-state index in [0.29, 0.717) is 4.47 Å². The van der Waals surface area contributed by atoms with E-state index in [-0.39, 0.29) is 36.4 Å². The molecule has 2 aromatic heterocycles. The summed E-state index contributed by atoms with van der Waals surface area (Å²) in [5.41, 5.74) is 0.257. The third-order valence-electron chi connectivity index (χ3n) is 3.78. The van der Waals surface area contributed by atoms with Gasteiger partial charge in [-0.1, -0.05) is 15.9 Å². The van der Waals surface area contributed by atoms with E-state index in [1.807, 2.05) is 0 Å². The number of carbonyl (C=O) groups is 1. The fourth-order valence-electron chi connectivity index (χ4n) is 2.58. The van der Waals surface area contributed by atoms with Crippen molar-refractivity contribution in [2.75, 3.05) is 11.9 Å². The van der Waals surface area contributed by atoms with Crippen LogP contribution < -0.4 is 10.6 Å². The molecule has 0 aliphatic carbocycles. The van der Waals surface area contributed by atoms with Gasteiger partial charge >= 0.3 is 12.2 Å². The Morgan fingerprint density at radius 2 is 2.04 bits per heavy atom. The molecule has 6 nitrogen and oxygen atoms in total. The number of benzene rings is 1. The molecule has 0 saturated heterocycles. The molecule has 11 heteroatoms. The van der Waals surface area contributed by atoms with E-state index in [1.165, 1.54) is 30.5 Å². The van der Waals surface area contributed by atoms with Gasteiger partial charge in [0.1, 0.15) is 11.3 Å². The molecule has 0 fully saturated rings. The van der Waals surface area contributed by atoms with E-state index in [9.17, 15) is 22.4 Å². The number of anilines is 1. The lowest BCUT2D eigenvalue weighted by Crippen LogP contribution is -2.30. The Morgan fingerprint density at radius 3 is 2.75 bits per heavy atom. The van der Waals surface area contributed by atoms with Gasteiger partial charge in [-0.05, 0) is 36.8 Å². The van der Waals surface area contributed by atoms with Gasteiger partial charge in [0, 0.05) is 23.8 Å². The molecule has 0 atom stereocenters. The van der Waals surface area contributed by atoms with Gasteiger partial charge in [-0.2, -0.15) is 13.2 Å². The Bertz CT molecular complexity index is 1000. The first-order valence-electron chi connectivity index (χ1n) is 8.14. The Morgan fingerprint density at radius 1 is 1.25 bits per heavy atom. The molecule has 0 aliphatic rings. The van der Waals surface area contributed by atoms with Crippen molar-refractivity contribution < 1.29 is 22.4 Å². The van der Waals surface area contributed by atoms with E-state index in [4.69, 9.17) is 0 Å². The SMILES string of the molecule is O=C(NCCCn1c(C(F)(F)F)nc2cccnc21)Nc1ccc(Br)cc1F. The predicted molar refractivity (Wildman–Crippen MR) is 98.3 cm³/mol. The predicted octanol–water partition coefficient (Wildman–Crippen LogP) is 4.56. The number of rotatable bonds is 5. The molecular formula is C17H14BrF4N5O. The minimum Gasteiger partial charge on any atom is -0.338 e. The number of urea groups is 1. The van der Waals surface area contributed by atoms with Gasteiger partial charge < -0.3 is 15.2 Å². The highest BCUT2D eigenvalue weighted by Gasteiger charge is 2.37. The van der Waals surface area contributed by atoms with E-state index in [2.05, 4.69) is 36.5 Å². The van der Waals surface area contributed by atoms with Crippen LogP contribution >= 0.6 is 15.9 Å². The second-order valence-electron chi connectivity index (χ2n) is 5.79. The number of aryl methyl sites for hydroxylation is 1. The normalized spacial score (nSPS) is 11.6. The largest absolute Gasteiger partial charge is 0.449 e. The highest BCUT2D eigenvalue weighted by Crippen LogP contribution is 2.31. The smallest absolute Gasteiger partial charge is 0.338 e. The summed E-state index contributed by atoms with van der Waals surface area (Å²) in [7, 11) is 0. The number of fused-ring (bicyclic) bond motifs is 1. The molecule has 0 saturated carbocycles. The van der Waals surface area contributed by atoms with Crippen LogP contribution in [0.2, 0.25) is 0 Å². The lowest BCUT2D eigenvalue weighted by atomic mass is 10.3. The van der Waals surface area contributed by atoms with Crippen molar-refractivity contribution >= 4 is 38.8 Å². The number of hydrogen-bond acceptors (Lipinski definition) is 3. The van der Waals surface area contributed by atoms with Crippen molar-refractivity contribution in [1.29, 1.82) is 0 Å². The lowest BCUT2D eigenvalue weighted by molar-refractivity contribution is -0.147. The van der Waals surface area contributed by atoms with Crippen molar-refractivity contribution in [1.82, 2.24) is 19.9 Å². The van der Waals surface area contributed by atoms with Crippen LogP contribution in [-0.2, 0) is 12.7 Å². The Labute approximate surface area is 165 Å². The fraction of sp³-hybridized carbons (Fsp3) is 0.235. The number of aromatic nitrogens is 3. The number of halogens is 5. The standard InChI is InChI=1S/C17H14BrF4N5O/c18-10-4-5-12(11(19)9-10)26-16(28)24-7-2-8-27-14-13(3-1-6-23-14)25-15(27)17(20,21)22/h1,3-6,9H,2,7-8H2,(H2,24,26,28). The minimum absolute atomic E-state index is 0.00939. The molecule has 0 unspecified atom stereocenters. The number of amides is 2. The Kier molecular flexibility index (Phi) is 5.82. The van der Waals surface area contributed by atoms with Crippen LogP contribution in [-0.4, -0.2) is 27.1 Å². The highest BCUT2D eigenvalue weighted by atomic mass is 79.9. The fourth-order valence-corrected chi connectivity index (χ4v) is 2.92. The lowest BCUT2D eigenvalue weighted by Gasteiger charge is -2.12. The van der Waals surface area contributed by atoms with Crippen LogP contribution in [0.4, 0.5) is 28.0 Å². The maximum atomic E-state index is 13.7. The summed E-state index contributed by atoms with van der Waals surface area (Å²) in [6.07, 6.45) is -3.04. The molecule has 148 valence electrons. The molecule has 2 N–H and O–H groups in total. The first-order chi connectivity index (χ1) is 13.3. The average Bonchev–Trinajstić information content (AvgIpc) is 3.00. The molecule has 0 radical (unpaired) electrons. The summed E-state index contributed by atoms with van der Waals surface area (Å²) in [6.45, 7) is 0.0308. The second-order valence-corrected chi connectivity index (χ2v) is 6.71. The average molecular weight is 460 g/mol. The molecule has 0 bridgehead atoms. The second kappa shape index (κ2) is 8.13. The number of imidazole rings is 1. The molecular weight excluding hydrogens is 446 g/mol. The van der Waals surface area contributed by atoms with Crippen molar-refractivity contribution in [3.8, 4) is 0 Å². The highest BCUT2D eigenvalue weighted by molar-refractivity contribution is 9.10. The quantitative estimate of drug-likeness (QED) is 0.433. The van der Waals surface area contributed by atoms with E-state index in [0.717, 1.165) is 4.57 Å². The molecule has 0 spiro atoms. The first kappa shape index (κ1) is 20.1. The third-order valence-corrected chi connectivity index (χ3v) is 4.27. The minimum atomic E-state index is -4.62. The monoisotopic (exact) mass is 459 g/mol. The maximum absolute atomic E-state index is 13.7. The van der Waals surface area contributed by atoms with Crippen LogP contribution in [0.1, 0.15) is 12.2 Å². The van der Waals surface area contributed by atoms with E-state index < -0.39 is 23.8 Å². The number of hydrogen-bond donors (Lipinski definition) is 2. The molecule has 28 heavy (non-hydrogen) atoms. The molecule has 3 rings (SSSR count). The van der Waals surface area contributed by atoms with Crippen molar-refractivity contribution in [3.05, 3.63) is 52.6 Å². The summed E-state index contributed by atoms with van der Waals surface area (Å²) in [5.74, 6) is -1.65. The van der Waals surface area contributed by atoms with Crippen LogP contribution in [0, 0.1) is 5.82 Å². The van der Waals surface area contributed by atoms with E-state index in [1.54, 1.807) is 6.07 Å². The zero-order valence-corrected chi connectivity index (χ0v) is 15.8. The van der Waals surface area contributed by atoms with Gasteiger partial charge in [0.05, 0.1) is 5.69 Å². The number of carbonyl (C=O) groups excluding carboxylic acids is 1. The summed E-state index contributed by atoms with van der Waals surface area (Å²) in [4.78, 5) is 19.4. The van der Waals surface area contributed by atoms with Crippen LogP contribution in [0.3, 0.4) is 0 Å². The zero-order valence-electron chi connectivity index (χ0n) is 14.2. The van der Waals surface area contributed by atoms with Gasteiger partial charge in [0.25, 0.3) is 0 Å².